The molecular weight excluding hydrogens is 192 g/mol. The van der Waals surface area contributed by atoms with Crippen molar-refractivity contribution in [1.82, 2.24) is 10.1 Å². The summed E-state index contributed by atoms with van der Waals surface area (Å²) in [7, 11) is 0. The van der Waals surface area contributed by atoms with E-state index in [1.165, 1.54) is 0 Å². The molecule has 1 heterocycles. The normalized spacial score (nSPS) is 11.7. The molecule has 1 aromatic heterocycles. The molecule has 0 radical (unpaired) electrons. The SMILES string of the molecule is CCOC/C=C/c1noc(CC(C)C)n1. The summed E-state index contributed by atoms with van der Waals surface area (Å²) in [5.41, 5.74) is 0. The summed E-state index contributed by atoms with van der Waals surface area (Å²) in [5, 5.41) is 3.84. The van der Waals surface area contributed by atoms with Gasteiger partial charge in [-0.1, -0.05) is 25.1 Å². The van der Waals surface area contributed by atoms with Crippen LogP contribution in [-0.2, 0) is 11.2 Å². The molecule has 0 saturated carbocycles. The van der Waals surface area contributed by atoms with Crippen molar-refractivity contribution in [2.75, 3.05) is 13.2 Å². The molecule has 0 bridgehead atoms. The van der Waals surface area contributed by atoms with Gasteiger partial charge in [0.25, 0.3) is 0 Å². The lowest BCUT2D eigenvalue weighted by molar-refractivity contribution is 0.178. The van der Waals surface area contributed by atoms with Crippen molar-refractivity contribution in [3.05, 3.63) is 17.8 Å². The summed E-state index contributed by atoms with van der Waals surface area (Å²) in [4.78, 5) is 4.23. The molecule has 1 aromatic rings. The molecule has 0 saturated heterocycles. The molecule has 0 unspecified atom stereocenters. The van der Waals surface area contributed by atoms with Gasteiger partial charge in [0, 0.05) is 13.0 Å². The molecule has 1 rings (SSSR count). The standard InChI is InChI=1S/C11H18N2O2/c1-4-14-7-5-6-10-12-11(15-13-10)8-9(2)3/h5-6,9H,4,7-8H2,1-3H3/b6-5+. The Morgan fingerprint density at radius 1 is 1.47 bits per heavy atom. The molecule has 0 atom stereocenters. The summed E-state index contributed by atoms with van der Waals surface area (Å²) in [6.45, 7) is 7.51. The smallest absolute Gasteiger partial charge is 0.227 e. The highest BCUT2D eigenvalue weighted by Crippen LogP contribution is 2.06. The monoisotopic (exact) mass is 210 g/mol. The van der Waals surface area contributed by atoms with E-state index in [0.717, 1.165) is 13.0 Å². The zero-order valence-corrected chi connectivity index (χ0v) is 9.56. The first kappa shape index (κ1) is 11.9. The fourth-order valence-corrected chi connectivity index (χ4v) is 1.11. The van der Waals surface area contributed by atoms with Crippen molar-refractivity contribution in [2.24, 2.45) is 5.92 Å². The number of rotatable bonds is 6. The van der Waals surface area contributed by atoms with Crippen molar-refractivity contribution in [1.29, 1.82) is 0 Å². The van der Waals surface area contributed by atoms with Crippen molar-refractivity contribution in [2.45, 2.75) is 27.2 Å². The van der Waals surface area contributed by atoms with Crippen LogP contribution in [0.3, 0.4) is 0 Å². The highest BCUT2D eigenvalue weighted by molar-refractivity contribution is 5.38. The van der Waals surface area contributed by atoms with E-state index < -0.39 is 0 Å². The molecule has 0 aliphatic rings. The van der Waals surface area contributed by atoms with Crippen LogP contribution in [0.5, 0.6) is 0 Å². The van der Waals surface area contributed by atoms with Crippen LogP contribution in [0.25, 0.3) is 6.08 Å². The summed E-state index contributed by atoms with van der Waals surface area (Å²) in [6.07, 6.45) is 4.52. The van der Waals surface area contributed by atoms with E-state index in [-0.39, 0.29) is 0 Å². The number of hydrogen-bond donors (Lipinski definition) is 0. The van der Waals surface area contributed by atoms with E-state index in [1.54, 1.807) is 0 Å². The number of nitrogens with zero attached hydrogens (tertiary/aromatic N) is 2. The second-order valence-corrected chi connectivity index (χ2v) is 3.71. The lowest BCUT2D eigenvalue weighted by Crippen LogP contribution is -1.93. The van der Waals surface area contributed by atoms with Gasteiger partial charge in [-0.25, -0.2) is 0 Å². The Hall–Kier alpha value is -1.16. The van der Waals surface area contributed by atoms with E-state index in [0.29, 0.717) is 24.2 Å². The Kier molecular flexibility index (Phi) is 5.04. The number of hydrogen-bond acceptors (Lipinski definition) is 4. The van der Waals surface area contributed by atoms with E-state index in [4.69, 9.17) is 9.26 Å². The molecule has 0 N–H and O–H groups in total. The third-order valence-corrected chi connectivity index (χ3v) is 1.75. The average molecular weight is 210 g/mol. The van der Waals surface area contributed by atoms with Crippen molar-refractivity contribution < 1.29 is 9.26 Å². The summed E-state index contributed by atoms with van der Waals surface area (Å²) >= 11 is 0. The van der Waals surface area contributed by atoms with Gasteiger partial charge in [-0.05, 0) is 18.9 Å². The van der Waals surface area contributed by atoms with Gasteiger partial charge in [-0.2, -0.15) is 4.98 Å². The zero-order chi connectivity index (χ0) is 11.1. The lowest BCUT2D eigenvalue weighted by atomic mass is 10.1. The van der Waals surface area contributed by atoms with Gasteiger partial charge in [-0.3, -0.25) is 0 Å². The van der Waals surface area contributed by atoms with Crippen LogP contribution in [0.1, 0.15) is 32.5 Å². The molecule has 15 heavy (non-hydrogen) atoms. The Balaban J connectivity index is 2.42. The van der Waals surface area contributed by atoms with Gasteiger partial charge >= 0.3 is 0 Å². The van der Waals surface area contributed by atoms with E-state index in [9.17, 15) is 0 Å². The van der Waals surface area contributed by atoms with Gasteiger partial charge in [0.2, 0.25) is 5.89 Å². The fraction of sp³-hybridized carbons (Fsp3) is 0.636. The highest BCUT2D eigenvalue weighted by atomic mass is 16.5. The Morgan fingerprint density at radius 3 is 2.93 bits per heavy atom. The minimum absolute atomic E-state index is 0.533. The largest absolute Gasteiger partial charge is 0.378 e. The maximum Gasteiger partial charge on any atom is 0.227 e. The van der Waals surface area contributed by atoms with Crippen LogP contribution in [0, 0.1) is 5.92 Å². The molecule has 0 amide bonds. The molecule has 0 aliphatic heterocycles. The van der Waals surface area contributed by atoms with E-state index in [1.807, 2.05) is 19.1 Å². The minimum Gasteiger partial charge on any atom is -0.378 e. The van der Waals surface area contributed by atoms with Crippen LogP contribution in [-0.4, -0.2) is 23.4 Å². The Morgan fingerprint density at radius 2 is 2.27 bits per heavy atom. The molecular formula is C11H18N2O2. The molecule has 84 valence electrons. The maximum absolute atomic E-state index is 5.15. The maximum atomic E-state index is 5.15. The summed E-state index contributed by atoms with van der Waals surface area (Å²) < 4.78 is 10.2. The molecule has 0 spiro atoms. The quantitative estimate of drug-likeness (QED) is 0.676. The Bertz CT molecular complexity index is 305. The van der Waals surface area contributed by atoms with Gasteiger partial charge in [0.1, 0.15) is 0 Å². The van der Waals surface area contributed by atoms with Gasteiger partial charge in [-0.15, -0.1) is 0 Å². The first-order valence-electron chi connectivity index (χ1n) is 5.29. The van der Waals surface area contributed by atoms with E-state index in [2.05, 4.69) is 24.0 Å². The van der Waals surface area contributed by atoms with Crippen molar-refractivity contribution >= 4 is 6.08 Å². The first-order chi connectivity index (χ1) is 7.22. The van der Waals surface area contributed by atoms with Crippen molar-refractivity contribution in [3.8, 4) is 0 Å². The van der Waals surface area contributed by atoms with Gasteiger partial charge in [0.05, 0.1) is 6.61 Å². The zero-order valence-electron chi connectivity index (χ0n) is 9.56. The molecule has 4 nitrogen and oxygen atoms in total. The summed E-state index contributed by atoms with van der Waals surface area (Å²) in [5.74, 6) is 1.84. The predicted molar refractivity (Wildman–Crippen MR) is 58.4 cm³/mol. The topological polar surface area (TPSA) is 48.2 Å². The average Bonchev–Trinajstić information content (AvgIpc) is 2.59. The second-order valence-electron chi connectivity index (χ2n) is 3.71. The third-order valence-electron chi connectivity index (χ3n) is 1.75. The third kappa shape index (κ3) is 4.74. The fourth-order valence-electron chi connectivity index (χ4n) is 1.11. The number of ether oxygens (including phenoxy) is 1. The van der Waals surface area contributed by atoms with Crippen LogP contribution in [0.2, 0.25) is 0 Å². The second kappa shape index (κ2) is 6.35. The molecule has 0 aromatic carbocycles. The van der Waals surface area contributed by atoms with E-state index >= 15 is 0 Å². The highest BCUT2D eigenvalue weighted by Gasteiger charge is 2.05. The van der Waals surface area contributed by atoms with Crippen LogP contribution in [0.4, 0.5) is 0 Å². The Labute approximate surface area is 90.3 Å². The van der Waals surface area contributed by atoms with Gasteiger partial charge < -0.3 is 9.26 Å². The van der Waals surface area contributed by atoms with Crippen LogP contribution in [0.15, 0.2) is 10.6 Å². The summed E-state index contributed by atoms with van der Waals surface area (Å²) in [6, 6.07) is 0. The van der Waals surface area contributed by atoms with Crippen LogP contribution >= 0.6 is 0 Å². The minimum atomic E-state index is 0.533. The number of aromatic nitrogens is 2. The molecule has 4 heteroatoms. The van der Waals surface area contributed by atoms with Gasteiger partial charge in [0.15, 0.2) is 5.82 Å². The molecule has 0 aliphatic carbocycles. The molecule has 0 fully saturated rings. The van der Waals surface area contributed by atoms with Crippen molar-refractivity contribution in [3.63, 3.8) is 0 Å². The predicted octanol–water partition coefficient (Wildman–Crippen LogP) is 2.32. The lowest BCUT2D eigenvalue weighted by Gasteiger charge is -1.95. The first-order valence-corrected chi connectivity index (χ1v) is 5.29. The van der Waals surface area contributed by atoms with Crippen LogP contribution < -0.4 is 0 Å².